The van der Waals surface area contributed by atoms with Crippen LogP contribution in [-0.2, 0) is 4.79 Å². The van der Waals surface area contributed by atoms with Gasteiger partial charge in [0.1, 0.15) is 5.76 Å². The lowest BCUT2D eigenvalue weighted by Gasteiger charge is -2.00. The monoisotopic (exact) mass is 294 g/mol. The van der Waals surface area contributed by atoms with E-state index in [0.29, 0.717) is 11.6 Å². The Labute approximate surface area is 126 Å². The fraction of sp³-hybridized carbons (Fsp3) is 0.0625. The molecular weight excluding hydrogens is 280 g/mol. The van der Waals surface area contributed by atoms with Crippen molar-refractivity contribution in [3.8, 4) is 11.3 Å². The van der Waals surface area contributed by atoms with Crippen molar-refractivity contribution in [1.82, 2.24) is 15.2 Å². The summed E-state index contributed by atoms with van der Waals surface area (Å²) in [6.07, 6.45) is 7.97. The van der Waals surface area contributed by atoms with Gasteiger partial charge in [-0.3, -0.25) is 14.9 Å². The molecule has 0 saturated carbocycles. The molecule has 0 aliphatic heterocycles. The number of aromatic amines is 1. The smallest absolute Gasteiger partial charge is 0.249 e. The van der Waals surface area contributed by atoms with Crippen molar-refractivity contribution in [1.29, 1.82) is 0 Å². The molecule has 22 heavy (non-hydrogen) atoms. The summed E-state index contributed by atoms with van der Waals surface area (Å²) in [5.41, 5.74) is 2.69. The Kier molecular flexibility index (Phi) is 3.82. The maximum Gasteiger partial charge on any atom is 0.249 e. The maximum atomic E-state index is 11.9. The lowest BCUT2D eigenvalue weighted by atomic mass is 10.1. The largest absolute Gasteiger partial charge is 0.465 e. The van der Waals surface area contributed by atoms with Gasteiger partial charge in [0.15, 0.2) is 5.82 Å². The van der Waals surface area contributed by atoms with E-state index in [1.54, 1.807) is 36.9 Å². The summed E-state index contributed by atoms with van der Waals surface area (Å²) in [6.45, 7) is 1.89. The first kappa shape index (κ1) is 13.8. The van der Waals surface area contributed by atoms with Gasteiger partial charge in [-0.1, -0.05) is 0 Å². The number of amides is 1. The topological polar surface area (TPSA) is 83.8 Å². The number of pyridine rings is 1. The average molecular weight is 294 g/mol. The highest BCUT2D eigenvalue weighted by molar-refractivity contribution is 6.02. The molecule has 6 nitrogen and oxygen atoms in total. The number of hydrogen-bond acceptors (Lipinski definition) is 4. The number of carbonyl (C=O) groups is 1. The van der Waals surface area contributed by atoms with Crippen LogP contribution < -0.4 is 5.32 Å². The number of furan rings is 1. The molecule has 3 heterocycles. The Balaban J connectivity index is 1.74. The normalized spacial score (nSPS) is 11.0. The minimum Gasteiger partial charge on any atom is -0.465 e. The molecule has 0 spiro atoms. The zero-order valence-corrected chi connectivity index (χ0v) is 11.9. The molecule has 0 saturated heterocycles. The van der Waals surface area contributed by atoms with Crippen LogP contribution in [0.4, 0.5) is 5.82 Å². The highest BCUT2D eigenvalue weighted by Crippen LogP contribution is 2.25. The number of nitrogens with zero attached hydrogens (tertiary/aromatic N) is 2. The summed E-state index contributed by atoms with van der Waals surface area (Å²) in [5, 5.41) is 9.81. The molecular formula is C16H14N4O2. The molecule has 3 aromatic rings. The van der Waals surface area contributed by atoms with Crippen molar-refractivity contribution in [2.24, 2.45) is 0 Å². The van der Waals surface area contributed by atoms with E-state index in [0.717, 1.165) is 16.8 Å². The molecule has 0 aromatic carbocycles. The molecule has 0 unspecified atom stereocenters. The number of rotatable bonds is 4. The Morgan fingerprint density at radius 1 is 1.32 bits per heavy atom. The van der Waals surface area contributed by atoms with Crippen LogP contribution in [0.3, 0.4) is 0 Å². The minimum atomic E-state index is -0.271. The van der Waals surface area contributed by atoms with E-state index < -0.39 is 0 Å². The Bertz CT molecular complexity index is 789. The van der Waals surface area contributed by atoms with E-state index in [2.05, 4.69) is 20.5 Å². The van der Waals surface area contributed by atoms with Crippen molar-refractivity contribution in [2.45, 2.75) is 6.92 Å². The zero-order valence-electron chi connectivity index (χ0n) is 11.9. The summed E-state index contributed by atoms with van der Waals surface area (Å²) in [7, 11) is 0. The molecule has 0 fully saturated rings. The van der Waals surface area contributed by atoms with Gasteiger partial charge >= 0.3 is 0 Å². The Morgan fingerprint density at radius 2 is 2.14 bits per heavy atom. The Hall–Kier alpha value is -3.15. The lowest BCUT2D eigenvalue weighted by molar-refractivity contribution is -0.111. The fourth-order valence-electron chi connectivity index (χ4n) is 2.02. The lowest BCUT2D eigenvalue weighted by Crippen LogP contribution is -2.09. The van der Waals surface area contributed by atoms with Crippen LogP contribution in [0, 0.1) is 6.92 Å². The summed E-state index contributed by atoms with van der Waals surface area (Å²) < 4.78 is 5.13. The van der Waals surface area contributed by atoms with Gasteiger partial charge in [0.05, 0.1) is 12.0 Å². The van der Waals surface area contributed by atoms with Crippen LogP contribution in [-0.4, -0.2) is 21.1 Å². The summed E-state index contributed by atoms with van der Waals surface area (Å²) >= 11 is 0. The zero-order chi connectivity index (χ0) is 15.4. The van der Waals surface area contributed by atoms with Gasteiger partial charge in [-0.05, 0) is 37.3 Å². The maximum absolute atomic E-state index is 11.9. The molecule has 0 aliphatic rings. The van der Waals surface area contributed by atoms with E-state index in [-0.39, 0.29) is 5.91 Å². The van der Waals surface area contributed by atoms with Crippen molar-refractivity contribution in [3.05, 3.63) is 60.3 Å². The van der Waals surface area contributed by atoms with Crippen LogP contribution in [0.25, 0.3) is 17.3 Å². The number of carbonyl (C=O) groups excluding carboxylic acids is 1. The molecule has 0 radical (unpaired) electrons. The van der Waals surface area contributed by atoms with Gasteiger partial charge in [-0.25, -0.2) is 0 Å². The third-order valence-electron chi connectivity index (χ3n) is 3.16. The van der Waals surface area contributed by atoms with Crippen molar-refractivity contribution >= 4 is 17.8 Å². The molecule has 3 aromatic heterocycles. The van der Waals surface area contributed by atoms with E-state index in [1.807, 2.05) is 19.1 Å². The van der Waals surface area contributed by atoms with Gasteiger partial charge in [-0.15, -0.1) is 0 Å². The summed E-state index contributed by atoms with van der Waals surface area (Å²) in [5.74, 6) is 0.847. The van der Waals surface area contributed by atoms with Crippen LogP contribution >= 0.6 is 0 Å². The quantitative estimate of drug-likeness (QED) is 0.724. The fourth-order valence-corrected chi connectivity index (χ4v) is 2.02. The van der Waals surface area contributed by atoms with Crippen molar-refractivity contribution in [2.75, 3.05) is 5.32 Å². The number of aromatic nitrogens is 3. The molecule has 3 rings (SSSR count). The first-order chi connectivity index (χ1) is 10.7. The number of hydrogen-bond donors (Lipinski definition) is 2. The standard InChI is InChI=1S/C16H14N4O2/c1-11-15(12-6-8-17-9-7-12)19-20-16(11)18-14(21)5-4-13-3-2-10-22-13/h2-10H,1H3,(H2,18,19,20,21)/b5-4-. The summed E-state index contributed by atoms with van der Waals surface area (Å²) in [4.78, 5) is 15.9. The minimum absolute atomic E-state index is 0.271. The van der Waals surface area contributed by atoms with Crippen molar-refractivity contribution in [3.63, 3.8) is 0 Å². The van der Waals surface area contributed by atoms with Gasteiger partial charge in [0, 0.05) is 29.6 Å². The molecule has 1 amide bonds. The van der Waals surface area contributed by atoms with Gasteiger partial charge in [0.25, 0.3) is 0 Å². The van der Waals surface area contributed by atoms with Crippen LogP contribution in [0.15, 0.2) is 53.4 Å². The molecule has 110 valence electrons. The average Bonchev–Trinajstić information content (AvgIpc) is 3.17. The van der Waals surface area contributed by atoms with Crippen LogP contribution in [0.2, 0.25) is 0 Å². The molecule has 0 atom stereocenters. The number of nitrogens with one attached hydrogen (secondary N) is 2. The predicted molar refractivity (Wildman–Crippen MR) is 82.9 cm³/mol. The van der Waals surface area contributed by atoms with E-state index in [1.165, 1.54) is 6.08 Å². The predicted octanol–water partition coefficient (Wildman–Crippen LogP) is 3.03. The number of H-pyrrole nitrogens is 1. The van der Waals surface area contributed by atoms with Crippen molar-refractivity contribution < 1.29 is 9.21 Å². The van der Waals surface area contributed by atoms with Crippen LogP contribution in [0.5, 0.6) is 0 Å². The second-order valence-corrected chi connectivity index (χ2v) is 4.65. The number of anilines is 1. The Morgan fingerprint density at radius 3 is 2.86 bits per heavy atom. The van der Waals surface area contributed by atoms with Gasteiger partial charge < -0.3 is 9.73 Å². The third kappa shape index (κ3) is 2.95. The van der Waals surface area contributed by atoms with Gasteiger partial charge in [-0.2, -0.15) is 5.10 Å². The van der Waals surface area contributed by atoms with Crippen LogP contribution in [0.1, 0.15) is 11.3 Å². The molecule has 0 aliphatic carbocycles. The van der Waals surface area contributed by atoms with E-state index in [9.17, 15) is 4.79 Å². The molecule has 2 N–H and O–H groups in total. The third-order valence-corrected chi connectivity index (χ3v) is 3.16. The van der Waals surface area contributed by atoms with E-state index >= 15 is 0 Å². The summed E-state index contributed by atoms with van der Waals surface area (Å²) in [6, 6.07) is 7.29. The highest BCUT2D eigenvalue weighted by Gasteiger charge is 2.11. The first-order valence-corrected chi connectivity index (χ1v) is 6.72. The first-order valence-electron chi connectivity index (χ1n) is 6.72. The van der Waals surface area contributed by atoms with E-state index in [4.69, 9.17) is 4.42 Å². The second kappa shape index (κ2) is 6.09. The van der Waals surface area contributed by atoms with Gasteiger partial charge in [0.2, 0.25) is 5.91 Å². The highest BCUT2D eigenvalue weighted by atomic mass is 16.3. The molecule has 6 heteroatoms. The molecule has 0 bridgehead atoms. The second-order valence-electron chi connectivity index (χ2n) is 4.65. The SMILES string of the molecule is Cc1c(NC(=O)/C=C\c2ccco2)n[nH]c1-c1ccncc1.